The predicted octanol–water partition coefficient (Wildman–Crippen LogP) is 4.12. The summed E-state index contributed by atoms with van der Waals surface area (Å²) in [4.78, 5) is 14.4. The van der Waals surface area contributed by atoms with E-state index in [1.807, 2.05) is 31.2 Å². The monoisotopic (exact) mass is 392 g/mol. The van der Waals surface area contributed by atoms with Gasteiger partial charge >= 0.3 is 0 Å². The molecule has 0 saturated carbocycles. The van der Waals surface area contributed by atoms with E-state index in [1.165, 1.54) is 6.07 Å². The molecule has 0 spiro atoms. The molecule has 3 rings (SSSR count). The summed E-state index contributed by atoms with van der Waals surface area (Å²) in [5, 5.41) is 0. The Morgan fingerprint density at radius 1 is 1.15 bits per heavy atom. The molecule has 0 aromatic heterocycles. The lowest BCUT2D eigenvalue weighted by Crippen LogP contribution is -2.42. The number of ether oxygens (including phenoxy) is 1. The molecular formula is C21H26ClFN2O2. The highest BCUT2D eigenvalue weighted by molar-refractivity contribution is 5.95. The number of methoxy groups -OCH3 is 1. The number of hydrogen-bond acceptors (Lipinski definition) is 3. The molecule has 1 aliphatic rings. The molecule has 4 nitrogen and oxygen atoms in total. The van der Waals surface area contributed by atoms with Gasteiger partial charge in [0.25, 0.3) is 5.91 Å². The standard InChI is InChI=1S/C21H25FN2O2.ClH/c1-14(23)15-9-11-24(12-10-15)21(25)19-8-5-17(13-20(19)22)16-3-6-18(26-2)7-4-16;/h3-8,13-15H,9-12,23H2,1-2H3;1H. The summed E-state index contributed by atoms with van der Waals surface area (Å²) in [6.07, 6.45) is 1.74. The zero-order valence-corrected chi connectivity index (χ0v) is 16.5. The van der Waals surface area contributed by atoms with Crippen LogP contribution in [0, 0.1) is 11.7 Å². The Bertz CT molecular complexity index is 772. The van der Waals surface area contributed by atoms with Crippen LogP contribution in [-0.4, -0.2) is 37.0 Å². The number of amides is 1. The first-order valence-corrected chi connectivity index (χ1v) is 8.98. The maximum Gasteiger partial charge on any atom is 0.256 e. The zero-order valence-electron chi connectivity index (χ0n) is 15.7. The van der Waals surface area contributed by atoms with E-state index in [0.29, 0.717) is 19.0 Å². The molecule has 1 amide bonds. The Morgan fingerprint density at radius 2 is 1.74 bits per heavy atom. The molecule has 146 valence electrons. The van der Waals surface area contributed by atoms with E-state index < -0.39 is 5.82 Å². The summed E-state index contributed by atoms with van der Waals surface area (Å²) < 4.78 is 19.7. The smallest absolute Gasteiger partial charge is 0.256 e. The van der Waals surface area contributed by atoms with Crippen LogP contribution >= 0.6 is 12.4 Å². The quantitative estimate of drug-likeness (QED) is 0.851. The lowest BCUT2D eigenvalue weighted by atomic mass is 9.90. The van der Waals surface area contributed by atoms with Gasteiger partial charge in [-0.1, -0.05) is 18.2 Å². The number of piperidine rings is 1. The third-order valence-electron chi connectivity index (χ3n) is 5.19. The third-order valence-corrected chi connectivity index (χ3v) is 5.19. The van der Waals surface area contributed by atoms with E-state index in [4.69, 9.17) is 10.5 Å². The molecule has 2 N–H and O–H groups in total. The number of carbonyl (C=O) groups is 1. The highest BCUT2D eigenvalue weighted by atomic mass is 35.5. The second kappa shape index (κ2) is 9.20. The minimum Gasteiger partial charge on any atom is -0.497 e. The first-order valence-electron chi connectivity index (χ1n) is 8.98. The molecule has 6 heteroatoms. The average molecular weight is 393 g/mol. The number of likely N-dealkylation sites (tertiary alicyclic amines) is 1. The van der Waals surface area contributed by atoms with Crippen molar-refractivity contribution in [2.45, 2.75) is 25.8 Å². The molecule has 0 aliphatic carbocycles. The van der Waals surface area contributed by atoms with Gasteiger partial charge in [-0.15, -0.1) is 12.4 Å². The molecule has 0 bridgehead atoms. The van der Waals surface area contributed by atoms with Gasteiger partial charge in [-0.3, -0.25) is 4.79 Å². The minimum absolute atomic E-state index is 0. The number of halogens is 2. The average Bonchev–Trinajstić information content (AvgIpc) is 2.67. The molecule has 1 fully saturated rings. The number of nitrogens with zero attached hydrogens (tertiary/aromatic N) is 1. The molecule has 1 saturated heterocycles. The molecule has 2 aromatic rings. The van der Waals surface area contributed by atoms with Gasteiger partial charge in [0.05, 0.1) is 12.7 Å². The van der Waals surface area contributed by atoms with Gasteiger partial charge in [-0.2, -0.15) is 0 Å². The van der Waals surface area contributed by atoms with Crippen molar-refractivity contribution in [2.24, 2.45) is 11.7 Å². The largest absolute Gasteiger partial charge is 0.497 e. The first kappa shape index (κ1) is 21.2. The highest BCUT2D eigenvalue weighted by Crippen LogP contribution is 2.26. The fraction of sp³-hybridized carbons (Fsp3) is 0.381. The molecule has 0 radical (unpaired) electrons. The Hall–Kier alpha value is -2.11. The molecule has 1 atom stereocenters. The van der Waals surface area contributed by atoms with E-state index in [9.17, 15) is 9.18 Å². The van der Waals surface area contributed by atoms with Gasteiger partial charge in [-0.05, 0) is 61.1 Å². The van der Waals surface area contributed by atoms with E-state index in [2.05, 4.69) is 0 Å². The number of hydrogen-bond donors (Lipinski definition) is 1. The van der Waals surface area contributed by atoms with Crippen LogP contribution in [0.15, 0.2) is 42.5 Å². The number of benzene rings is 2. The van der Waals surface area contributed by atoms with Crippen molar-refractivity contribution in [1.29, 1.82) is 0 Å². The van der Waals surface area contributed by atoms with Crippen molar-refractivity contribution in [1.82, 2.24) is 4.90 Å². The Morgan fingerprint density at radius 3 is 2.26 bits per heavy atom. The van der Waals surface area contributed by atoms with Gasteiger partial charge < -0.3 is 15.4 Å². The summed E-state index contributed by atoms with van der Waals surface area (Å²) in [7, 11) is 1.60. The molecule has 1 heterocycles. The van der Waals surface area contributed by atoms with Crippen LogP contribution in [0.4, 0.5) is 4.39 Å². The van der Waals surface area contributed by atoms with E-state index >= 15 is 0 Å². The number of carbonyl (C=O) groups excluding carboxylic acids is 1. The normalized spacial score (nSPS) is 15.8. The van der Waals surface area contributed by atoms with Crippen LogP contribution in [0.5, 0.6) is 5.75 Å². The molecule has 2 aromatic carbocycles. The van der Waals surface area contributed by atoms with Crippen molar-refractivity contribution in [2.75, 3.05) is 20.2 Å². The Kier molecular flexibility index (Phi) is 7.22. The van der Waals surface area contributed by atoms with E-state index in [-0.39, 0.29) is 29.9 Å². The highest BCUT2D eigenvalue weighted by Gasteiger charge is 2.26. The van der Waals surface area contributed by atoms with Gasteiger partial charge in [-0.25, -0.2) is 4.39 Å². The van der Waals surface area contributed by atoms with Crippen LogP contribution in [0.25, 0.3) is 11.1 Å². The maximum atomic E-state index is 14.6. The van der Waals surface area contributed by atoms with Crippen molar-refractivity contribution in [3.63, 3.8) is 0 Å². The van der Waals surface area contributed by atoms with Crippen LogP contribution in [0.1, 0.15) is 30.1 Å². The van der Waals surface area contributed by atoms with Crippen LogP contribution in [0.3, 0.4) is 0 Å². The molecular weight excluding hydrogens is 367 g/mol. The van der Waals surface area contributed by atoms with Crippen molar-refractivity contribution < 1.29 is 13.9 Å². The lowest BCUT2D eigenvalue weighted by Gasteiger charge is -2.33. The maximum absolute atomic E-state index is 14.6. The zero-order chi connectivity index (χ0) is 18.7. The molecule has 27 heavy (non-hydrogen) atoms. The van der Waals surface area contributed by atoms with Crippen molar-refractivity contribution in [3.05, 3.63) is 53.8 Å². The molecule has 1 aliphatic heterocycles. The van der Waals surface area contributed by atoms with Crippen molar-refractivity contribution >= 4 is 18.3 Å². The van der Waals surface area contributed by atoms with E-state index in [0.717, 1.165) is 29.7 Å². The summed E-state index contributed by atoms with van der Waals surface area (Å²) >= 11 is 0. The number of nitrogens with two attached hydrogens (primary N) is 1. The summed E-state index contributed by atoms with van der Waals surface area (Å²) in [5.74, 6) is 0.446. The predicted molar refractivity (Wildman–Crippen MR) is 108 cm³/mol. The first-order chi connectivity index (χ1) is 12.5. The van der Waals surface area contributed by atoms with Gasteiger partial charge in [0, 0.05) is 19.1 Å². The lowest BCUT2D eigenvalue weighted by molar-refractivity contribution is 0.0676. The van der Waals surface area contributed by atoms with Gasteiger partial charge in [0.1, 0.15) is 11.6 Å². The fourth-order valence-corrected chi connectivity index (χ4v) is 3.45. The summed E-state index contributed by atoms with van der Waals surface area (Å²) in [5.41, 5.74) is 7.68. The van der Waals surface area contributed by atoms with Crippen molar-refractivity contribution in [3.8, 4) is 16.9 Å². The fourth-order valence-electron chi connectivity index (χ4n) is 3.45. The SMILES string of the molecule is COc1ccc(-c2ccc(C(=O)N3CCC(C(C)N)CC3)c(F)c2)cc1.Cl. The topological polar surface area (TPSA) is 55.6 Å². The summed E-state index contributed by atoms with van der Waals surface area (Å²) in [6.45, 7) is 3.26. The third kappa shape index (κ3) is 4.79. The van der Waals surface area contributed by atoms with Crippen LogP contribution in [0.2, 0.25) is 0 Å². The van der Waals surface area contributed by atoms with Crippen LogP contribution in [-0.2, 0) is 0 Å². The Labute approximate surface area is 165 Å². The summed E-state index contributed by atoms with van der Waals surface area (Å²) in [6, 6.07) is 12.3. The minimum atomic E-state index is -0.488. The van der Waals surface area contributed by atoms with Gasteiger partial charge in [0.15, 0.2) is 0 Å². The second-order valence-electron chi connectivity index (χ2n) is 6.91. The van der Waals surface area contributed by atoms with E-state index in [1.54, 1.807) is 24.1 Å². The number of rotatable bonds is 4. The Balaban J connectivity index is 0.00000261. The van der Waals surface area contributed by atoms with Crippen LogP contribution < -0.4 is 10.5 Å². The van der Waals surface area contributed by atoms with Gasteiger partial charge in [0.2, 0.25) is 0 Å². The molecule has 1 unspecified atom stereocenters. The second-order valence-corrected chi connectivity index (χ2v) is 6.91.